The van der Waals surface area contributed by atoms with Crippen LogP contribution in [-0.4, -0.2) is 51.3 Å². The summed E-state index contributed by atoms with van der Waals surface area (Å²) in [6.07, 6.45) is 0.936. The van der Waals surface area contributed by atoms with Crippen molar-refractivity contribution in [2.75, 3.05) is 13.1 Å². The van der Waals surface area contributed by atoms with Gasteiger partial charge in [0.05, 0.1) is 12.2 Å². The van der Waals surface area contributed by atoms with Crippen LogP contribution < -0.4 is 0 Å². The van der Waals surface area contributed by atoms with E-state index < -0.39 is 12.2 Å². The second kappa shape index (κ2) is 4.82. The highest BCUT2D eigenvalue weighted by Crippen LogP contribution is 2.49. The molecule has 2 aliphatic rings. The van der Waals surface area contributed by atoms with Crippen molar-refractivity contribution < 1.29 is 15.0 Å². The minimum absolute atomic E-state index is 0.0631. The molecule has 3 rings (SSSR count). The largest absolute Gasteiger partial charge is 0.392 e. The molecular formula is C15H20N2O3. The molecule has 5 nitrogen and oxygen atoms in total. The number of hydrogen-bond donors (Lipinski definition) is 2. The van der Waals surface area contributed by atoms with E-state index in [0.717, 1.165) is 5.69 Å². The molecule has 1 saturated heterocycles. The summed E-state index contributed by atoms with van der Waals surface area (Å²) in [7, 11) is 0. The highest BCUT2D eigenvalue weighted by molar-refractivity contribution is 5.92. The molecule has 0 bridgehead atoms. The van der Waals surface area contributed by atoms with Crippen molar-refractivity contribution in [1.82, 2.24) is 9.88 Å². The Morgan fingerprint density at radius 2 is 1.95 bits per heavy atom. The van der Waals surface area contributed by atoms with Gasteiger partial charge in [0.2, 0.25) is 0 Å². The van der Waals surface area contributed by atoms with E-state index in [1.807, 2.05) is 19.1 Å². The Bertz CT molecular complexity index is 514. The molecule has 20 heavy (non-hydrogen) atoms. The van der Waals surface area contributed by atoms with Gasteiger partial charge in [-0.3, -0.25) is 4.79 Å². The lowest BCUT2D eigenvalue weighted by Gasteiger charge is -2.54. The summed E-state index contributed by atoms with van der Waals surface area (Å²) in [6.45, 7) is 3.01. The van der Waals surface area contributed by atoms with Gasteiger partial charge < -0.3 is 15.1 Å². The van der Waals surface area contributed by atoms with Crippen LogP contribution in [0.1, 0.15) is 35.4 Å². The van der Waals surface area contributed by atoms with Crippen LogP contribution in [-0.2, 0) is 0 Å². The highest BCUT2D eigenvalue weighted by Gasteiger charge is 2.55. The molecule has 0 radical (unpaired) electrons. The van der Waals surface area contributed by atoms with E-state index in [4.69, 9.17) is 0 Å². The van der Waals surface area contributed by atoms with E-state index in [0.29, 0.717) is 38.0 Å². The summed E-state index contributed by atoms with van der Waals surface area (Å²) in [6, 6.07) is 5.43. The molecule has 1 aliphatic heterocycles. The summed E-state index contributed by atoms with van der Waals surface area (Å²) in [5, 5.41) is 19.8. The van der Waals surface area contributed by atoms with Crippen molar-refractivity contribution in [2.45, 2.75) is 38.4 Å². The summed E-state index contributed by atoms with van der Waals surface area (Å²) < 4.78 is 0. The monoisotopic (exact) mass is 276 g/mol. The van der Waals surface area contributed by atoms with Gasteiger partial charge in [-0.15, -0.1) is 0 Å². The minimum Gasteiger partial charge on any atom is -0.392 e. The number of piperidine rings is 1. The summed E-state index contributed by atoms with van der Waals surface area (Å²) >= 11 is 0. The van der Waals surface area contributed by atoms with Crippen LogP contribution in [0.2, 0.25) is 0 Å². The third-order valence-electron chi connectivity index (χ3n) is 4.86. The summed E-state index contributed by atoms with van der Waals surface area (Å²) in [4.78, 5) is 18.4. The molecule has 0 unspecified atom stereocenters. The smallest absolute Gasteiger partial charge is 0.272 e. The van der Waals surface area contributed by atoms with Crippen LogP contribution in [0.5, 0.6) is 0 Å². The molecule has 2 N–H and O–H groups in total. The Balaban J connectivity index is 1.68. The number of carbonyl (C=O) groups excluding carboxylic acids is 1. The molecule has 1 saturated carbocycles. The number of rotatable bonds is 1. The number of hydrogen-bond acceptors (Lipinski definition) is 4. The molecule has 1 aromatic rings. The standard InChI is InChI=1S/C15H20N2O3/c1-10-3-2-4-11(16-10)14(20)17-7-5-15(6-8-17)12(18)9-13(15)19/h2-4,12-13,18-19H,5-9H2,1H3/t12-,13+. The zero-order chi connectivity index (χ0) is 14.3. The molecule has 108 valence electrons. The van der Waals surface area contributed by atoms with Crippen LogP contribution >= 0.6 is 0 Å². The van der Waals surface area contributed by atoms with E-state index in [1.54, 1.807) is 11.0 Å². The van der Waals surface area contributed by atoms with Crippen molar-refractivity contribution in [3.63, 3.8) is 0 Å². The first-order valence-electron chi connectivity index (χ1n) is 7.12. The first kappa shape index (κ1) is 13.5. The Morgan fingerprint density at radius 3 is 2.50 bits per heavy atom. The number of amides is 1. The van der Waals surface area contributed by atoms with Crippen LogP contribution in [0.25, 0.3) is 0 Å². The van der Waals surface area contributed by atoms with Gasteiger partial charge >= 0.3 is 0 Å². The van der Waals surface area contributed by atoms with Gasteiger partial charge in [0.25, 0.3) is 5.91 Å². The number of carbonyl (C=O) groups is 1. The highest BCUT2D eigenvalue weighted by atomic mass is 16.3. The molecule has 1 aliphatic carbocycles. The zero-order valence-electron chi connectivity index (χ0n) is 11.6. The Hall–Kier alpha value is -1.46. The minimum atomic E-state index is -0.424. The lowest BCUT2D eigenvalue weighted by Crippen LogP contribution is -2.61. The van der Waals surface area contributed by atoms with Crippen molar-refractivity contribution >= 4 is 5.91 Å². The first-order chi connectivity index (χ1) is 9.53. The average Bonchev–Trinajstić information content (AvgIpc) is 2.47. The van der Waals surface area contributed by atoms with E-state index in [2.05, 4.69) is 4.98 Å². The van der Waals surface area contributed by atoms with Crippen LogP contribution in [0, 0.1) is 12.3 Å². The summed E-state index contributed by atoms with van der Waals surface area (Å²) in [5.74, 6) is -0.0631. The van der Waals surface area contributed by atoms with Gasteiger partial charge in [-0.1, -0.05) is 6.07 Å². The van der Waals surface area contributed by atoms with Gasteiger partial charge in [0.1, 0.15) is 5.69 Å². The Labute approximate surface area is 118 Å². The maximum Gasteiger partial charge on any atom is 0.272 e. The Kier molecular flexibility index (Phi) is 3.26. The van der Waals surface area contributed by atoms with Crippen molar-refractivity contribution in [3.05, 3.63) is 29.6 Å². The number of nitrogens with zero attached hydrogens (tertiary/aromatic N) is 2. The maximum absolute atomic E-state index is 12.4. The van der Waals surface area contributed by atoms with Gasteiger partial charge in [-0.25, -0.2) is 4.98 Å². The topological polar surface area (TPSA) is 73.7 Å². The number of likely N-dealkylation sites (tertiary alicyclic amines) is 1. The van der Waals surface area contributed by atoms with E-state index in [1.165, 1.54) is 0 Å². The Morgan fingerprint density at radius 1 is 1.30 bits per heavy atom. The third-order valence-corrected chi connectivity index (χ3v) is 4.86. The molecule has 1 aromatic heterocycles. The van der Waals surface area contributed by atoms with Gasteiger partial charge in [-0.2, -0.15) is 0 Å². The van der Waals surface area contributed by atoms with Gasteiger partial charge in [0.15, 0.2) is 0 Å². The third kappa shape index (κ3) is 2.01. The van der Waals surface area contributed by atoms with Crippen molar-refractivity contribution in [2.24, 2.45) is 5.41 Å². The fourth-order valence-corrected chi connectivity index (χ4v) is 3.36. The molecule has 2 atom stereocenters. The molecule has 5 heteroatoms. The fraction of sp³-hybridized carbons (Fsp3) is 0.600. The fourth-order valence-electron chi connectivity index (χ4n) is 3.36. The van der Waals surface area contributed by atoms with Gasteiger partial charge in [0, 0.05) is 30.6 Å². The van der Waals surface area contributed by atoms with Crippen LogP contribution in [0.15, 0.2) is 18.2 Å². The predicted octanol–water partition coefficient (Wildman–Crippen LogP) is 0.738. The SMILES string of the molecule is Cc1cccc(C(=O)N2CCC3(CC2)[C@H](O)C[C@@H]3O)n1. The van der Waals surface area contributed by atoms with Crippen molar-refractivity contribution in [1.29, 1.82) is 0 Å². The number of aliphatic hydroxyl groups is 2. The molecule has 1 spiro atoms. The molecular weight excluding hydrogens is 256 g/mol. The molecule has 2 heterocycles. The number of aryl methyl sites for hydroxylation is 1. The molecule has 2 fully saturated rings. The maximum atomic E-state index is 12.4. The van der Waals surface area contributed by atoms with E-state index in [9.17, 15) is 15.0 Å². The number of aromatic nitrogens is 1. The van der Waals surface area contributed by atoms with Crippen LogP contribution in [0.4, 0.5) is 0 Å². The van der Waals surface area contributed by atoms with Crippen molar-refractivity contribution in [3.8, 4) is 0 Å². The first-order valence-corrected chi connectivity index (χ1v) is 7.12. The van der Waals surface area contributed by atoms with E-state index in [-0.39, 0.29) is 11.3 Å². The lowest BCUT2D eigenvalue weighted by molar-refractivity contribution is -0.187. The number of aliphatic hydroxyl groups excluding tert-OH is 2. The lowest BCUT2D eigenvalue weighted by atomic mass is 9.58. The average molecular weight is 276 g/mol. The summed E-state index contributed by atoms with van der Waals surface area (Å²) in [5.41, 5.74) is 0.918. The second-order valence-corrected chi connectivity index (χ2v) is 5.96. The van der Waals surface area contributed by atoms with Crippen LogP contribution in [0.3, 0.4) is 0 Å². The normalized spacial score (nSPS) is 28.2. The zero-order valence-corrected chi connectivity index (χ0v) is 11.6. The predicted molar refractivity (Wildman–Crippen MR) is 73.2 cm³/mol. The molecule has 1 amide bonds. The second-order valence-electron chi connectivity index (χ2n) is 5.96. The van der Waals surface area contributed by atoms with E-state index >= 15 is 0 Å². The molecule has 0 aromatic carbocycles. The number of pyridine rings is 1. The quantitative estimate of drug-likeness (QED) is 0.793. The van der Waals surface area contributed by atoms with Gasteiger partial charge in [-0.05, 0) is 31.9 Å².